The number of benzene rings is 3. The highest BCUT2D eigenvalue weighted by atomic mass is 19.2. The minimum Gasteiger partial charge on any atom is -0.216 e. The van der Waals surface area contributed by atoms with Gasteiger partial charge in [-0.1, -0.05) is 42.5 Å². The van der Waals surface area contributed by atoms with Gasteiger partial charge in [-0.05, 0) is 17.0 Å². The molecule has 0 spiro atoms. The van der Waals surface area contributed by atoms with E-state index < -0.39 is 40.1 Å². The molecule has 1 aromatic heterocycles. The number of rotatable bonds is 1. The number of fused-ring (bicyclic) bond motifs is 3. The van der Waals surface area contributed by atoms with Crippen LogP contribution in [0.15, 0.2) is 48.5 Å². The fourth-order valence-electron chi connectivity index (χ4n) is 2.99. The van der Waals surface area contributed by atoms with Crippen molar-refractivity contribution in [1.29, 1.82) is 0 Å². The third-order valence-corrected chi connectivity index (χ3v) is 4.06. The largest absolute Gasteiger partial charge is 0.224 e. The number of nitrogens with zero attached hydrogens (tertiary/aromatic N) is 1. The van der Waals surface area contributed by atoms with Gasteiger partial charge in [0.15, 0.2) is 17.5 Å². The van der Waals surface area contributed by atoms with Gasteiger partial charge in [0.2, 0.25) is 5.95 Å². The zero-order valence-corrected chi connectivity index (χ0v) is 12.5. The average molecular weight is 345 g/mol. The lowest BCUT2D eigenvalue weighted by Gasteiger charge is -2.13. The topological polar surface area (TPSA) is 12.9 Å². The summed E-state index contributed by atoms with van der Waals surface area (Å²) in [5.41, 5.74) is -0.742. The maximum absolute atomic E-state index is 14.6. The smallest absolute Gasteiger partial charge is 0.216 e. The fraction of sp³-hybridized carbons (Fsp3) is 0. The number of aromatic nitrogens is 1. The van der Waals surface area contributed by atoms with Crippen LogP contribution >= 0.6 is 0 Å². The fourth-order valence-corrected chi connectivity index (χ4v) is 2.99. The predicted molar refractivity (Wildman–Crippen MR) is 84.5 cm³/mol. The van der Waals surface area contributed by atoms with Gasteiger partial charge in [0.1, 0.15) is 11.3 Å². The predicted octanol–water partition coefficient (Wildman–Crippen LogP) is 5.75. The van der Waals surface area contributed by atoms with Crippen LogP contribution in [0.1, 0.15) is 0 Å². The first-order chi connectivity index (χ1) is 12.0. The molecule has 0 aliphatic rings. The van der Waals surface area contributed by atoms with E-state index in [-0.39, 0.29) is 21.9 Å². The molecule has 124 valence electrons. The lowest BCUT2D eigenvalue weighted by atomic mass is 9.95. The van der Waals surface area contributed by atoms with E-state index in [0.717, 1.165) is 6.07 Å². The lowest BCUT2D eigenvalue weighted by Crippen LogP contribution is -2.02. The molecule has 0 saturated heterocycles. The maximum atomic E-state index is 14.6. The first kappa shape index (κ1) is 15.5. The molecule has 1 heterocycles. The van der Waals surface area contributed by atoms with Crippen molar-refractivity contribution in [3.05, 3.63) is 77.7 Å². The van der Waals surface area contributed by atoms with E-state index in [9.17, 15) is 22.0 Å². The second kappa shape index (κ2) is 5.51. The highest BCUT2D eigenvalue weighted by molar-refractivity contribution is 6.13. The van der Waals surface area contributed by atoms with E-state index in [2.05, 4.69) is 4.98 Å². The third kappa shape index (κ3) is 2.17. The Hall–Kier alpha value is -3.02. The van der Waals surface area contributed by atoms with Crippen molar-refractivity contribution >= 4 is 21.7 Å². The van der Waals surface area contributed by atoms with Crippen molar-refractivity contribution in [2.24, 2.45) is 0 Å². The molecule has 0 N–H and O–H groups in total. The van der Waals surface area contributed by atoms with Gasteiger partial charge < -0.3 is 0 Å². The summed E-state index contributed by atoms with van der Waals surface area (Å²) in [7, 11) is 0. The maximum Gasteiger partial charge on any atom is 0.224 e. The Balaban J connectivity index is 2.34. The van der Waals surface area contributed by atoms with Crippen molar-refractivity contribution in [1.82, 2.24) is 4.98 Å². The van der Waals surface area contributed by atoms with Crippen LogP contribution in [0, 0.1) is 29.2 Å². The van der Waals surface area contributed by atoms with E-state index in [1.165, 1.54) is 24.3 Å². The summed E-state index contributed by atoms with van der Waals surface area (Å²) in [6, 6.07) is 11.4. The zero-order chi connectivity index (χ0) is 17.7. The molecule has 0 atom stereocenters. The molecule has 0 bridgehead atoms. The van der Waals surface area contributed by atoms with Gasteiger partial charge >= 0.3 is 0 Å². The van der Waals surface area contributed by atoms with E-state index >= 15 is 0 Å². The lowest BCUT2D eigenvalue weighted by molar-refractivity contribution is 0.453. The number of pyridine rings is 1. The van der Waals surface area contributed by atoms with Crippen molar-refractivity contribution in [3.63, 3.8) is 0 Å². The zero-order valence-electron chi connectivity index (χ0n) is 12.5. The van der Waals surface area contributed by atoms with Crippen molar-refractivity contribution in [2.45, 2.75) is 0 Å². The highest BCUT2D eigenvalue weighted by Crippen LogP contribution is 2.39. The first-order valence-electron chi connectivity index (χ1n) is 7.30. The molecular weight excluding hydrogens is 337 g/mol. The second-order valence-electron chi connectivity index (χ2n) is 5.47. The normalized spacial score (nSPS) is 11.4. The van der Waals surface area contributed by atoms with Crippen LogP contribution < -0.4 is 0 Å². The summed E-state index contributed by atoms with van der Waals surface area (Å²) in [6.07, 6.45) is 0. The minimum atomic E-state index is -1.76. The van der Waals surface area contributed by atoms with E-state index in [4.69, 9.17) is 0 Å². The standard InChI is InChI=1S/C19H8F5N/c20-11-8-4-7-10-13(11)19(24)25-18-14(10)12(9-5-2-1-3-6-9)15(21)16(22)17(18)23/h1-8H. The van der Waals surface area contributed by atoms with E-state index in [0.29, 0.717) is 0 Å². The van der Waals surface area contributed by atoms with Crippen LogP contribution in [0.2, 0.25) is 0 Å². The van der Waals surface area contributed by atoms with Crippen LogP contribution in [-0.4, -0.2) is 4.98 Å². The van der Waals surface area contributed by atoms with Crippen molar-refractivity contribution in [2.75, 3.05) is 0 Å². The second-order valence-corrected chi connectivity index (χ2v) is 5.47. The molecule has 0 unspecified atom stereocenters. The molecule has 0 saturated carbocycles. The number of hydrogen-bond donors (Lipinski definition) is 0. The quantitative estimate of drug-likeness (QED) is 0.185. The monoisotopic (exact) mass is 345 g/mol. The molecule has 4 rings (SSSR count). The Morgan fingerprint density at radius 1 is 0.640 bits per heavy atom. The Bertz CT molecular complexity index is 1140. The minimum absolute atomic E-state index is 0.0841. The summed E-state index contributed by atoms with van der Waals surface area (Å²) >= 11 is 0. The van der Waals surface area contributed by atoms with Crippen molar-refractivity contribution < 1.29 is 22.0 Å². The summed E-state index contributed by atoms with van der Waals surface area (Å²) in [4.78, 5) is 3.36. The molecule has 0 radical (unpaired) electrons. The Kier molecular flexibility index (Phi) is 3.42. The third-order valence-electron chi connectivity index (χ3n) is 4.06. The molecule has 4 aromatic rings. The molecule has 25 heavy (non-hydrogen) atoms. The van der Waals surface area contributed by atoms with Crippen molar-refractivity contribution in [3.8, 4) is 11.1 Å². The van der Waals surface area contributed by atoms with Gasteiger partial charge in [-0.3, -0.25) is 0 Å². The van der Waals surface area contributed by atoms with Gasteiger partial charge in [0, 0.05) is 10.9 Å². The Morgan fingerprint density at radius 3 is 2.08 bits per heavy atom. The van der Waals surface area contributed by atoms with Gasteiger partial charge in [-0.25, -0.2) is 22.5 Å². The highest BCUT2D eigenvalue weighted by Gasteiger charge is 2.25. The molecule has 3 aromatic carbocycles. The summed E-state index contributed by atoms with van der Waals surface area (Å²) in [5, 5.41) is -0.768. The van der Waals surface area contributed by atoms with Gasteiger partial charge in [0.05, 0.1) is 5.39 Å². The Labute approximate surface area is 138 Å². The molecule has 0 fully saturated rings. The van der Waals surface area contributed by atoms with E-state index in [1.807, 2.05) is 0 Å². The van der Waals surface area contributed by atoms with Crippen LogP contribution in [-0.2, 0) is 0 Å². The summed E-state index contributed by atoms with van der Waals surface area (Å²) in [5.74, 6) is -7.01. The van der Waals surface area contributed by atoms with Crippen LogP contribution in [0.3, 0.4) is 0 Å². The molecule has 0 aliphatic heterocycles. The van der Waals surface area contributed by atoms with Gasteiger partial charge in [-0.15, -0.1) is 0 Å². The summed E-state index contributed by atoms with van der Waals surface area (Å²) in [6.45, 7) is 0. The molecule has 0 amide bonds. The van der Waals surface area contributed by atoms with Crippen LogP contribution in [0.25, 0.3) is 32.8 Å². The van der Waals surface area contributed by atoms with Gasteiger partial charge in [0.25, 0.3) is 0 Å². The average Bonchev–Trinajstić information content (AvgIpc) is 2.62. The van der Waals surface area contributed by atoms with Crippen LogP contribution in [0.4, 0.5) is 22.0 Å². The Morgan fingerprint density at radius 2 is 1.36 bits per heavy atom. The van der Waals surface area contributed by atoms with E-state index in [1.54, 1.807) is 18.2 Å². The summed E-state index contributed by atoms with van der Waals surface area (Å²) < 4.78 is 71.1. The molecule has 6 heteroatoms. The SMILES string of the molecule is Fc1c(F)c(-c2ccccc2)c2c(nc(F)c3c(F)cccc32)c1F. The van der Waals surface area contributed by atoms with Crippen LogP contribution in [0.5, 0.6) is 0 Å². The first-order valence-corrected chi connectivity index (χ1v) is 7.30. The molecule has 0 aliphatic carbocycles. The van der Waals surface area contributed by atoms with Gasteiger partial charge in [-0.2, -0.15) is 4.39 Å². The molecule has 1 nitrogen and oxygen atoms in total. The number of hydrogen-bond acceptors (Lipinski definition) is 1. The molecular formula is C19H8F5N. The number of halogens is 5.